The Kier molecular flexibility index (Phi) is 4.92. The Morgan fingerprint density at radius 2 is 1.82 bits per heavy atom. The van der Waals surface area contributed by atoms with Gasteiger partial charge in [0.25, 0.3) is 5.69 Å². The van der Waals surface area contributed by atoms with Crippen LogP contribution in [0, 0.1) is 10.1 Å². The number of carbonyl (C=O) groups is 1. The van der Waals surface area contributed by atoms with Crippen LogP contribution in [0.25, 0.3) is 0 Å². The molecule has 2 N–H and O–H groups in total. The lowest BCUT2D eigenvalue weighted by molar-refractivity contribution is -0.384. The fourth-order valence-corrected chi connectivity index (χ4v) is 1.79. The van der Waals surface area contributed by atoms with Gasteiger partial charge in [-0.1, -0.05) is 6.07 Å². The third-order valence-corrected chi connectivity index (χ3v) is 2.74. The van der Waals surface area contributed by atoms with Gasteiger partial charge in [0.1, 0.15) is 5.75 Å². The predicted molar refractivity (Wildman–Crippen MR) is 83.3 cm³/mol. The van der Waals surface area contributed by atoms with Crippen LogP contribution >= 0.6 is 0 Å². The van der Waals surface area contributed by atoms with Gasteiger partial charge in [-0.15, -0.1) is 0 Å². The van der Waals surface area contributed by atoms with Crippen LogP contribution in [0.5, 0.6) is 5.75 Å². The van der Waals surface area contributed by atoms with Crippen LogP contribution in [0.1, 0.15) is 6.92 Å². The quantitative estimate of drug-likeness (QED) is 0.651. The van der Waals surface area contributed by atoms with E-state index in [0.29, 0.717) is 23.7 Å². The molecule has 0 radical (unpaired) electrons. The predicted octanol–water partition coefficient (Wildman–Crippen LogP) is 3.64. The molecule has 0 spiro atoms. The van der Waals surface area contributed by atoms with Crippen LogP contribution in [-0.2, 0) is 0 Å². The highest BCUT2D eigenvalue weighted by Gasteiger charge is 2.07. The van der Waals surface area contributed by atoms with E-state index in [-0.39, 0.29) is 5.69 Å². The minimum absolute atomic E-state index is 0.0321. The zero-order valence-electron chi connectivity index (χ0n) is 11.9. The second-order valence-electron chi connectivity index (χ2n) is 4.34. The molecule has 0 aliphatic heterocycles. The van der Waals surface area contributed by atoms with E-state index in [1.165, 1.54) is 24.3 Å². The Morgan fingerprint density at radius 1 is 1.14 bits per heavy atom. The summed E-state index contributed by atoms with van der Waals surface area (Å²) in [6.07, 6.45) is 0. The zero-order valence-corrected chi connectivity index (χ0v) is 11.9. The molecule has 2 rings (SSSR count). The van der Waals surface area contributed by atoms with Crippen molar-refractivity contribution in [1.82, 2.24) is 0 Å². The van der Waals surface area contributed by atoms with Crippen LogP contribution in [0.3, 0.4) is 0 Å². The largest absolute Gasteiger partial charge is 0.494 e. The first-order chi connectivity index (χ1) is 10.6. The molecule has 7 nitrogen and oxygen atoms in total. The first kappa shape index (κ1) is 15.3. The van der Waals surface area contributed by atoms with Crippen molar-refractivity contribution in [2.24, 2.45) is 0 Å². The molecule has 2 amide bonds. The molecule has 0 bridgehead atoms. The Bertz CT molecular complexity index is 671. The Labute approximate surface area is 127 Å². The maximum Gasteiger partial charge on any atom is 0.323 e. The van der Waals surface area contributed by atoms with Gasteiger partial charge >= 0.3 is 6.03 Å². The molecule has 2 aromatic rings. The van der Waals surface area contributed by atoms with Crippen LogP contribution in [0.4, 0.5) is 21.9 Å². The van der Waals surface area contributed by atoms with Crippen molar-refractivity contribution < 1.29 is 14.5 Å². The van der Waals surface area contributed by atoms with Gasteiger partial charge in [0.05, 0.1) is 11.5 Å². The normalized spacial score (nSPS) is 9.86. The number of nitro benzene ring substituents is 1. The lowest BCUT2D eigenvalue weighted by atomic mass is 10.3. The summed E-state index contributed by atoms with van der Waals surface area (Å²) in [5, 5.41) is 15.8. The van der Waals surface area contributed by atoms with Gasteiger partial charge in [-0.3, -0.25) is 10.1 Å². The number of non-ortho nitro benzene ring substituents is 1. The van der Waals surface area contributed by atoms with Crippen molar-refractivity contribution in [3.8, 4) is 5.75 Å². The second-order valence-corrected chi connectivity index (χ2v) is 4.34. The average molecular weight is 301 g/mol. The van der Waals surface area contributed by atoms with E-state index < -0.39 is 11.0 Å². The summed E-state index contributed by atoms with van der Waals surface area (Å²) >= 11 is 0. The maximum absolute atomic E-state index is 11.9. The Balaban J connectivity index is 1.97. The molecule has 0 saturated carbocycles. The van der Waals surface area contributed by atoms with Crippen molar-refractivity contribution in [3.63, 3.8) is 0 Å². The molecule has 2 aromatic carbocycles. The fourth-order valence-electron chi connectivity index (χ4n) is 1.79. The van der Waals surface area contributed by atoms with E-state index >= 15 is 0 Å². The van der Waals surface area contributed by atoms with Gasteiger partial charge in [0, 0.05) is 29.6 Å². The van der Waals surface area contributed by atoms with E-state index in [1.807, 2.05) is 6.92 Å². The third-order valence-electron chi connectivity index (χ3n) is 2.74. The van der Waals surface area contributed by atoms with Gasteiger partial charge in [-0.2, -0.15) is 0 Å². The molecule has 0 aliphatic carbocycles. The van der Waals surface area contributed by atoms with Crippen molar-refractivity contribution >= 4 is 23.1 Å². The molecule has 0 fully saturated rings. The van der Waals surface area contributed by atoms with E-state index in [9.17, 15) is 14.9 Å². The highest BCUT2D eigenvalue weighted by Crippen LogP contribution is 2.18. The topological polar surface area (TPSA) is 93.5 Å². The molecular formula is C15H15N3O4. The maximum atomic E-state index is 11.9. The number of hydrogen-bond acceptors (Lipinski definition) is 4. The molecule has 22 heavy (non-hydrogen) atoms. The molecule has 7 heteroatoms. The zero-order chi connectivity index (χ0) is 15.9. The van der Waals surface area contributed by atoms with Gasteiger partial charge < -0.3 is 15.4 Å². The van der Waals surface area contributed by atoms with Crippen LogP contribution in [0.2, 0.25) is 0 Å². The van der Waals surface area contributed by atoms with Gasteiger partial charge in [-0.25, -0.2) is 4.79 Å². The van der Waals surface area contributed by atoms with E-state index in [4.69, 9.17) is 4.74 Å². The number of nitrogens with zero attached hydrogens (tertiary/aromatic N) is 1. The summed E-state index contributed by atoms with van der Waals surface area (Å²) in [6, 6.07) is 12.1. The summed E-state index contributed by atoms with van der Waals surface area (Å²) in [6.45, 7) is 2.42. The Hall–Kier alpha value is -3.09. The molecular weight excluding hydrogens is 286 g/mol. The molecule has 114 valence electrons. The Morgan fingerprint density at radius 3 is 2.45 bits per heavy atom. The van der Waals surface area contributed by atoms with Gasteiger partial charge in [0.2, 0.25) is 0 Å². The van der Waals surface area contributed by atoms with E-state index in [1.54, 1.807) is 24.3 Å². The highest BCUT2D eigenvalue weighted by molar-refractivity contribution is 5.99. The van der Waals surface area contributed by atoms with Crippen LogP contribution in [-0.4, -0.2) is 17.6 Å². The smallest absolute Gasteiger partial charge is 0.323 e. The number of hydrogen-bond donors (Lipinski definition) is 2. The number of anilines is 2. The fraction of sp³-hybridized carbons (Fsp3) is 0.133. The second kappa shape index (κ2) is 7.07. The molecule has 0 atom stereocenters. The summed E-state index contributed by atoms with van der Waals surface area (Å²) in [7, 11) is 0. The third kappa shape index (κ3) is 4.20. The number of nitrogens with one attached hydrogen (secondary N) is 2. The van der Waals surface area contributed by atoms with Crippen LogP contribution in [0.15, 0.2) is 48.5 Å². The molecule has 0 aliphatic rings. The first-order valence-electron chi connectivity index (χ1n) is 6.64. The summed E-state index contributed by atoms with van der Waals surface area (Å²) in [5.74, 6) is 0.663. The number of rotatable bonds is 5. The minimum atomic E-state index is -0.497. The van der Waals surface area contributed by atoms with E-state index in [2.05, 4.69) is 10.6 Å². The molecule has 0 aromatic heterocycles. The number of nitro groups is 1. The van der Waals surface area contributed by atoms with E-state index in [0.717, 1.165) is 0 Å². The summed E-state index contributed by atoms with van der Waals surface area (Å²) in [5.41, 5.74) is 1.02. The molecule has 0 heterocycles. The van der Waals surface area contributed by atoms with Gasteiger partial charge in [-0.05, 0) is 31.2 Å². The lowest BCUT2D eigenvalue weighted by Crippen LogP contribution is -2.19. The SMILES string of the molecule is CCOc1cccc(NC(=O)Nc2ccc([N+](=O)[O-])cc2)c1. The van der Waals surface area contributed by atoms with Crippen molar-refractivity contribution in [2.75, 3.05) is 17.2 Å². The van der Waals surface area contributed by atoms with Gasteiger partial charge in [0.15, 0.2) is 0 Å². The van der Waals surface area contributed by atoms with Crippen molar-refractivity contribution in [2.45, 2.75) is 6.92 Å². The molecule has 0 saturated heterocycles. The highest BCUT2D eigenvalue weighted by atomic mass is 16.6. The lowest BCUT2D eigenvalue weighted by Gasteiger charge is -2.09. The monoisotopic (exact) mass is 301 g/mol. The van der Waals surface area contributed by atoms with Crippen LogP contribution < -0.4 is 15.4 Å². The average Bonchev–Trinajstić information content (AvgIpc) is 2.48. The summed E-state index contributed by atoms with van der Waals surface area (Å²) < 4.78 is 5.35. The number of benzene rings is 2. The van der Waals surface area contributed by atoms with Crippen molar-refractivity contribution in [3.05, 3.63) is 58.6 Å². The first-order valence-corrected chi connectivity index (χ1v) is 6.64. The number of carbonyl (C=O) groups excluding carboxylic acids is 1. The minimum Gasteiger partial charge on any atom is -0.494 e. The number of ether oxygens (including phenoxy) is 1. The number of urea groups is 1. The molecule has 0 unspecified atom stereocenters. The number of amides is 2. The summed E-state index contributed by atoms with van der Waals surface area (Å²) in [4.78, 5) is 21.9. The van der Waals surface area contributed by atoms with Crippen molar-refractivity contribution in [1.29, 1.82) is 0 Å². The standard InChI is InChI=1S/C15H15N3O4/c1-2-22-14-5-3-4-12(10-14)17-15(19)16-11-6-8-13(9-7-11)18(20)21/h3-10H,2H2,1H3,(H2,16,17,19).